The van der Waals surface area contributed by atoms with Crippen molar-refractivity contribution >= 4 is 11.0 Å². The van der Waals surface area contributed by atoms with Gasteiger partial charge >= 0.3 is 0 Å². The van der Waals surface area contributed by atoms with Crippen LogP contribution >= 0.6 is 0 Å². The van der Waals surface area contributed by atoms with Gasteiger partial charge in [0, 0.05) is 6.61 Å². The van der Waals surface area contributed by atoms with Gasteiger partial charge in [-0.15, -0.1) is 15.0 Å². The number of phenols is 1. The minimum absolute atomic E-state index is 0.0676. The predicted molar refractivity (Wildman–Crippen MR) is 76.1 cm³/mol. The number of hydrogen-bond donors (Lipinski definition) is 2. The minimum atomic E-state index is 0.0676. The van der Waals surface area contributed by atoms with E-state index in [0.717, 1.165) is 22.2 Å². The fourth-order valence-corrected chi connectivity index (χ4v) is 2.23. The van der Waals surface area contributed by atoms with E-state index in [-0.39, 0.29) is 12.4 Å². The second kappa shape index (κ2) is 4.94. The van der Waals surface area contributed by atoms with Crippen LogP contribution in [0.15, 0.2) is 36.4 Å². The Morgan fingerprint density at radius 2 is 1.75 bits per heavy atom. The van der Waals surface area contributed by atoms with Crippen LogP contribution in [-0.2, 0) is 6.42 Å². The number of rotatable bonds is 3. The molecular formula is C15H15N3O2. The summed E-state index contributed by atoms with van der Waals surface area (Å²) in [6.45, 7) is 1.89. The summed E-state index contributed by atoms with van der Waals surface area (Å²) in [6.07, 6.45) is 0.537. The van der Waals surface area contributed by atoms with E-state index < -0.39 is 0 Å². The molecule has 0 fully saturated rings. The quantitative estimate of drug-likeness (QED) is 0.762. The topological polar surface area (TPSA) is 71.2 Å². The fraction of sp³-hybridized carbons (Fsp3) is 0.200. The summed E-state index contributed by atoms with van der Waals surface area (Å²) in [4.78, 5) is 1.44. The van der Waals surface area contributed by atoms with Crippen molar-refractivity contribution in [3.05, 3.63) is 47.5 Å². The lowest BCUT2D eigenvalue weighted by Crippen LogP contribution is -2.02. The first-order valence-electron chi connectivity index (χ1n) is 6.45. The normalized spacial score (nSPS) is 11.1. The van der Waals surface area contributed by atoms with Gasteiger partial charge in [-0.3, -0.25) is 0 Å². The van der Waals surface area contributed by atoms with E-state index in [4.69, 9.17) is 5.11 Å². The van der Waals surface area contributed by atoms with Gasteiger partial charge in [0.25, 0.3) is 0 Å². The zero-order chi connectivity index (χ0) is 14.1. The van der Waals surface area contributed by atoms with E-state index in [1.165, 1.54) is 4.80 Å². The van der Waals surface area contributed by atoms with Crippen LogP contribution in [0.2, 0.25) is 0 Å². The van der Waals surface area contributed by atoms with Gasteiger partial charge in [-0.1, -0.05) is 18.2 Å². The first-order valence-corrected chi connectivity index (χ1v) is 6.45. The van der Waals surface area contributed by atoms with Crippen molar-refractivity contribution in [3.8, 4) is 11.4 Å². The van der Waals surface area contributed by atoms with Gasteiger partial charge in [-0.25, -0.2) is 0 Å². The highest BCUT2D eigenvalue weighted by atomic mass is 16.3. The summed E-state index contributed by atoms with van der Waals surface area (Å²) in [5.74, 6) is 0.159. The molecule has 0 saturated heterocycles. The molecule has 0 bridgehead atoms. The lowest BCUT2D eigenvalue weighted by Gasteiger charge is -2.09. The first kappa shape index (κ1) is 12.6. The van der Waals surface area contributed by atoms with E-state index in [1.54, 1.807) is 6.07 Å². The molecule has 0 spiro atoms. The standard InChI is InChI=1S/C15H15N3O2/c1-10-8-11(6-7-19)9-14(15(10)20)18-16-12-4-2-3-5-13(12)17-18/h2-5,8-9,19-20H,6-7H2,1H3. The van der Waals surface area contributed by atoms with Gasteiger partial charge in [0.05, 0.1) is 0 Å². The molecule has 0 amide bonds. The molecular weight excluding hydrogens is 254 g/mol. The lowest BCUT2D eigenvalue weighted by molar-refractivity contribution is 0.299. The highest BCUT2D eigenvalue weighted by Gasteiger charge is 2.12. The minimum Gasteiger partial charge on any atom is -0.505 e. The largest absolute Gasteiger partial charge is 0.505 e. The van der Waals surface area contributed by atoms with Gasteiger partial charge in [-0.05, 0) is 42.7 Å². The van der Waals surface area contributed by atoms with E-state index >= 15 is 0 Å². The smallest absolute Gasteiger partial charge is 0.146 e. The number of aromatic nitrogens is 3. The Bertz CT molecular complexity index is 732. The Morgan fingerprint density at radius 1 is 1.10 bits per heavy atom. The van der Waals surface area contributed by atoms with Crippen molar-refractivity contribution in [1.82, 2.24) is 15.0 Å². The van der Waals surface area contributed by atoms with Crippen LogP contribution < -0.4 is 0 Å². The van der Waals surface area contributed by atoms with Crippen LogP contribution in [0.4, 0.5) is 0 Å². The van der Waals surface area contributed by atoms with Crippen LogP contribution in [0.1, 0.15) is 11.1 Å². The third-order valence-electron chi connectivity index (χ3n) is 3.24. The van der Waals surface area contributed by atoms with Crippen molar-refractivity contribution < 1.29 is 10.2 Å². The molecule has 1 heterocycles. The summed E-state index contributed by atoms with van der Waals surface area (Å²) < 4.78 is 0. The number of aromatic hydroxyl groups is 1. The Hall–Kier alpha value is -2.40. The van der Waals surface area contributed by atoms with Crippen LogP contribution in [0.3, 0.4) is 0 Å². The van der Waals surface area contributed by atoms with Gasteiger partial charge in [0.15, 0.2) is 0 Å². The molecule has 2 aromatic carbocycles. The maximum atomic E-state index is 10.2. The van der Waals surface area contributed by atoms with Crippen molar-refractivity contribution in [2.75, 3.05) is 6.61 Å². The Balaban J connectivity index is 2.17. The fourth-order valence-electron chi connectivity index (χ4n) is 2.23. The molecule has 5 nitrogen and oxygen atoms in total. The third-order valence-corrected chi connectivity index (χ3v) is 3.24. The maximum absolute atomic E-state index is 10.2. The highest BCUT2D eigenvalue weighted by molar-refractivity contribution is 5.73. The first-order chi connectivity index (χ1) is 9.69. The number of aliphatic hydroxyl groups is 1. The lowest BCUT2D eigenvalue weighted by atomic mass is 10.1. The second-order valence-corrected chi connectivity index (χ2v) is 4.73. The molecule has 0 atom stereocenters. The molecule has 2 N–H and O–H groups in total. The molecule has 5 heteroatoms. The van der Waals surface area contributed by atoms with E-state index in [2.05, 4.69) is 10.2 Å². The predicted octanol–water partition coefficient (Wildman–Crippen LogP) is 1.97. The molecule has 20 heavy (non-hydrogen) atoms. The zero-order valence-corrected chi connectivity index (χ0v) is 11.1. The van der Waals surface area contributed by atoms with Gasteiger partial charge < -0.3 is 10.2 Å². The van der Waals surface area contributed by atoms with E-state index in [9.17, 15) is 5.11 Å². The number of aryl methyl sites for hydroxylation is 1. The monoisotopic (exact) mass is 269 g/mol. The highest BCUT2D eigenvalue weighted by Crippen LogP contribution is 2.27. The summed E-state index contributed by atoms with van der Waals surface area (Å²) in [5, 5.41) is 28.0. The number of fused-ring (bicyclic) bond motifs is 1. The van der Waals surface area contributed by atoms with E-state index in [0.29, 0.717) is 12.1 Å². The average Bonchev–Trinajstić information content (AvgIpc) is 2.86. The van der Waals surface area contributed by atoms with Crippen molar-refractivity contribution in [3.63, 3.8) is 0 Å². The summed E-state index contributed by atoms with van der Waals surface area (Å²) >= 11 is 0. The molecule has 0 aliphatic carbocycles. The molecule has 0 radical (unpaired) electrons. The van der Waals surface area contributed by atoms with Crippen LogP contribution in [0, 0.1) is 6.92 Å². The number of aliphatic hydroxyl groups excluding tert-OH is 1. The van der Waals surface area contributed by atoms with E-state index in [1.807, 2.05) is 37.3 Å². The molecule has 0 unspecified atom stereocenters. The summed E-state index contributed by atoms with van der Waals surface area (Å²) in [5.41, 5.74) is 3.77. The third kappa shape index (κ3) is 2.12. The molecule has 3 aromatic rings. The zero-order valence-electron chi connectivity index (χ0n) is 11.1. The van der Waals surface area contributed by atoms with Gasteiger partial charge in [-0.2, -0.15) is 0 Å². The van der Waals surface area contributed by atoms with Crippen molar-refractivity contribution in [2.24, 2.45) is 0 Å². The van der Waals surface area contributed by atoms with Crippen LogP contribution in [0.5, 0.6) is 5.75 Å². The van der Waals surface area contributed by atoms with Gasteiger partial charge in [0.1, 0.15) is 22.5 Å². The van der Waals surface area contributed by atoms with Crippen molar-refractivity contribution in [1.29, 1.82) is 0 Å². The number of phenolic OH excluding ortho intramolecular Hbond substituents is 1. The molecule has 3 rings (SSSR count). The second-order valence-electron chi connectivity index (χ2n) is 4.73. The van der Waals surface area contributed by atoms with Crippen molar-refractivity contribution in [2.45, 2.75) is 13.3 Å². The number of benzene rings is 2. The molecule has 102 valence electrons. The Labute approximate surface area is 116 Å². The summed E-state index contributed by atoms with van der Waals surface area (Å²) in [7, 11) is 0. The Morgan fingerprint density at radius 3 is 2.35 bits per heavy atom. The molecule has 0 saturated carbocycles. The van der Waals surface area contributed by atoms with Gasteiger partial charge in [0.2, 0.25) is 0 Å². The molecule has 1 aromatic heterocycles. The SMILES string of the molecule is Cc1cc(CCO)cc(-n2nc3ccccc3n2)c1O. The van der Waals surface area contributed by atoms with Crippen LogP contribution in [0.25, 0.3) is 16.7 Å². The maximum Gasteiger partial charge on any atom is 0.146 e. The number of nitrogens with zero attached hydrogens (tertiary/aromatic N) is 3. The van der Waals surface area contributed by atoms with Crippen LogP contribution in [-0.4, -0.2) is 31.8 Å². The Kier molecular flexibility index (Phi) is 3.12. The molecule has 0 aliphatic heterocycles. The number of hydrogen-bond acceptors (Lipinski definition) is 4. The summed E-state index contributed by atoms with van der Waals surface area (Å²) in [6, 6.07) is 11.2. The average molecular weight is 269 g/mol. The molecule has 0 aliphatic rings.